The van der Waals surface area contributed by atoms with E-state index in [2.05, 4.69) is 0 Å². The number of para-hydroxylation sites is 1. The van der Waals surface area contributed by atoms with Crippen LogP contribution in [-0.4, -0.2) is 51.4 Å². The SMILES string of the molecule is O=C(COc1ccccc1Cl)c1ccc(S(=O)(=O)N2CCOCC2)cc1. The predicted octanol–water partition coefficient (Wildman–Crippen LogP) is 2.62. The number of carbonyl (C=O) groups is 1. The van der Waals surface area contributed by atoms with Gasteiger partial charge in [-0.2, -0.15) is 4.31 Å². The minimum atomic E-state index is -3.57. The van der Waals surface area contributed by atoms with Gasteiger partial charge in [-0.15, -0.1) is 0 Å². The molecule has 1 aliphatic heterocycles. The first-order valence-corrected chi connectivity index (χ1v) is 9.89. The first kappa shape index (κ1) is 18.8. The van der Waals surface area contributed by atoms with Crippen molar-refractivity contribution < 1.29 is 22.7 Å². The summed E-state index contributed by atoms with van der Waals surface area (Å²) in [5, 5.41) is 0.423. The minimum Gasteiger partial charge on any atom is -0.484 e. The van der Waals surface area contributed by atoms with Gasteiger partial charge in [-0.25, -0.2) is 8.42 Å². The van der Waals surface area contributed by atoms with Crippen molar-refractivity contribution in [3.8, 4) is 5.75 Å². The molecule has 6 nitrogen and oxygen atoms in total. The van der Waals surface area contributed by atoms with Gasteiger partial charge in [0.15, 0.2) is 12.4 Å². The van der Waals surface area contributed by atoms with Crippen molar-refractivity contribution in [1.82, 2.24) is 4.31 Å². The zero-order chi connectivity index (χ0) is 18.6. The molecule has 1 fully saturated rings. The lowest BCUT2D eigenvalue weighted by Crippen LogP contribution is -2.40. The molecular weight excluding hydrogens is 378 g/mol. The molecule has 0 unspecified atom stereocenters. The highest BCUT2D eigenvalue weighted by atomic mass is 35.5. The van der Waals surface area contributed by atoms with Crippen LogP contribution >= 0.6 is 11.6 Å². The van der Waals surface area contributed by atoms with Gasteiger partial charge in [0.1, 0.15) is 5.75 Å². The Bertz CT molecular complexity index is 877. The van der Waals surface area contributed by atoms with Crippen LogP contribution in [0.1, 0.15) is 10.4 Å². The zero-order valence-electron chi connectivity index (χ0n) is 13.9. The summed E-state index contributed by atoms with van der Waals surface area (Å²) in [5.41, 5.74) is 0.373. The molecule has 2 aromatic carbocycles. The smallest absolute Gasteiger partial charge is 0.243 e. The largest absolute Gasteiger partial charge is 0.484 e. The molecule has 1 saturated heterocycles. The van der Waals surface area contributed by atoms with Crippen LogP contribution in [-0.2, 0) is 14.8 Å². The van der Waals surface area contributed by atoms with Crippen molar-refractivity contribution in [2.45, 2.75) is 4.90 Å². The molecular formula is C18H18ClNO5S. The number of Topliss-reactive ketones (excluding diaryl/α,β-unsaturated/α-hetero) is 1. The van der Waals surface area contributed by atoms with Crippen molar-refractivity contribution in [1.29, 1.82) is 0 Å². The monoisotopic (exact) mass is 395 g/mol. The maximum absolute atomic E-state index is 12.6. The molecule has 0 radical (unpaired) electrons. The van der Waals surface area contributed by atoms with E-state index in [0.29, 0.717) is 42.6 Å². The molecule has 0 N–H and O–H groups in total. The summed E-state index contributed by atoms with van der Waals surface area (Å²) in [5.74, 6) is 0.161. The third-order valence-corrected chi connectivity index (χ3v) is 6.20. The molecule has 0 aliphatic carbocycles. The summed E-state index contributed by atoms with van der Waals surface area (Å²) in [6.45, 7) is 1.24. The highest BCUT2D eigenvalue weighted by molar-refractivity contribution is 7.89. The topological polar surface area (TPSA) is 72.9 Å². The standard InChI is InChI=1S/C18H18ClNO5S/c19-16-3-1-2-4-18(16)25-13-17(21)14-5-7-15(8-6-14)26(22,23)20-9-11-24-12-10-20/h1-8H,9-13H2. The Hall–Kier alpha value is -1.93. The molecule has 138 valence electrons. The number of benzene rings is 2. The van der Waals surface area contributed by atoms with Gasteiger partial charge in [0, 0.05) is 18.7 Å². The van der Waals surface area contributed by atoms with E-state index in [1.54, 1.807) is 24.3 Å². The molecule has 0 saturated carbocycles. The Morgan fingerprint density at radius 1 is 1.08 bits per heavy atom. The summed E-state index contributed by atoms with van der Waals surface area (Å²) < 4.78 is 37.1. The number of ketones is 1. The molecule has 0 bridgehead atoms. The number of ether oxygens (including phenoxy) is 2. The van der Waals surface area contributed by atoms with Crippen LogP contribution in [0.4, 0.5) is 0 Å². The molecule has 3 rings (SSSR count). The zero-order valence-corrected chi connectivity index (χ0v) is 15.5. The number of sulfonamides is 1. The van der Waals surface area contributed by atoms with Crippen LogP contribution in [0, 0.1) is 0 Å². The van der Waals surface area contributed by atoms with E-state index in [1.807, 2.05) is 0 Å². The van der Waals surface area contributed by atoms with Gasteiger partial charge in [0.25, 0.3) is 0 Å². The normalized spacial score (nSPS) is 15.6. The highest BCUT2D eigenvalue weighted by Crippen LogP contribution is 2.23. The van der Waals surface area contributed by atoms with E-state index in [9.17, 15) is 13.2 Å². The summed E-state index contributed by atoms with van der Waals surface area (Å²) in [6, 6.07) is 12.7. The number of morpholine rings is 1. The van der Waals surface area contributed by atoms with E-state index < -0.39 is 10.0 Å². The summed E-state index contributed by atoms with van der Waals surface area (Å²) in [7, 11) is -3.57. The van der Waals surface area contributed by atoms with Gasteiger partial charge in [0.05, 0.1) is 23.1 Å². The second-order valence-electron chi connectivity index (χ2n) is 5.68. The Morgan fingerprint density at radius 3 is 2.38 bits per heavy atom. The average molecular weight is 396 g/mol. The Balaban J connectivity index is 1.67. The minimum absolute atomic E-state index is 0.156. The molecule has 8 heteroatoms. The number of hydrogen-bond acceptors (Lipinski definition) is 5. The van der Waals surface area contributed by atoms with Crippen LogP contribution in [0.5, 0.6) is 5.75 Å². The number of rotatable bonds is 6. The fourth-order valence-electron chi connectivity index (χ4n) is 2.54. The third-order valence-electron chi connectivity index (χ3n) is 3.98. The molecule has 26 heavy (non-hydrogen) atoms. The van der Waals surface area contributed by atoms with Gasteiger partial charge in [0.2, 0.25) is 10.0 Å². The summed E-state index contributed by atoms with van der Waals surface area (Å²) >= 11 is 5.98. The molecule has 0 atom stereocenters. The van der Waals surface area contributed by atoms with Gasteiger partial charge in [-0.3, -0.25) is 4.79 Å². The van der Waals surface area contributed by atoms with Crippen LogP contribution < -0.4 is 4.74 Å². The maximum Gasteiger partial charge on any atom is 0.243 e. The predicted molar refractivity (Wildman–Crippen MR) is 97.3 cm³/mol. The number of nitrogens with zero attached hydrogens (tertiary/aromatic N) is 1. The van der Waals surface area contributed by atoms with Crippen molar-refractivity contribution in [3.05, 3.63) is 59.1 Å². The van der Waals surface area contributed by atoms with E-state index in [1.165, 1.54) is 28.6 Å². The van der Waals surface area contributed by atoms with Gasteiger partial charge in [-0.05, 0) is 36.4 Å². The lowest BCUT2D eigenvalue weighted by molar-refractivity contribution is 0.0730. The van der Waals surface area contributed by atoms with Gasteiger partial charge >= 0.3 is 0 Å². The summed E-state index contributed by atoms with van der Waals surface area (Å²) in [6.07, 6.45) is 0. The number of hydrogen-bond donors (Lipinski definition) is 0. The van der Waals surface area contributed by atoms with E-state index in [0.717, 1.165) is 0 Å². The molecule has 1 heterocycles. The Kier molecular flexibility index (Phi) is 5.93. The second kappa shape index (κ2) is 8.18. The quantitative estimate of drug-likeness (QED) is 0.703. The fourth-order valence-corrected chi connectivity index (χ4v) is 4.14. The van der Waals surface area contributed by atoms with E-state index in [-0.39, 0.29) is 17.3 Å². The lowest BCUT2D eigenvalue weighted by Gasteiger charge is -2.26. The van der Waals surface area contributed by atoms with Crippen molar-refractivity contribution in [2.24, 2.45) is 0 Å². The van der Waals surface area contributed by atoms with Gasteiger partial charge < -0.3 is 9.47 Å². The first-order valence-electron chi connectivity index (χ1n) is 8.07. The van der Waals surface area contributed by atoms with Crippen LogP contribution in [0.2, 0.25) is 5.02 Å². The van der Waals surface area contributed by atoms with Crippen LogP contribution in [0.15, 0.2) is 53.4 Å². The second-order valence-corrected chi connectivity index (χ2v) is 8.03. The van der Waals surface area contributed by atoms with Gasteiger partial charge in [-0.1, -0.05) is 23.7 Å². The van der Waals surface area contributed by atoms with Crippen molar-refractivity contribution in [3.63, 3.8) is 0 Å². The maximum atomic E-state index is 12.6. The number of halogens is 1. The Morgan fingerprint density at radius 2 is 1.73 bits per heavy atom. The molecule has 2 aromatic rings. The van der Waals surface area contributed by atoms with E-state index >= 15 is 0 Å². The summed E-state index contributed by atoms with van der Waals surface area (Å²) in [4.78, 5) is 12.4. The molecule has 0 amide bonds. The fraction of sp³-hybridized carbons (Fsp3) is 0.278. The lowest BCUT2D eigenvalue weighted by atomic mass is 10.1. The highest BCUT2D eigenvalue weighted by Gasteiger charge is 2.26. The molecule has 0 aromatic heterocycles. The first-order chi connectivity index (χ1) is 12.5. The average Bonchev–Trinajstić information content (AvgIpc) is 2.68. The van der Waals surface area contributed by atoms with Crippen LogP contribution in [0.25, 0.3) is 0 Å². The third kappa shape index (κ3) is 4.24. The van der Waals surface area contributed by atoms with Crippen molar-refractivity contribution >= 4 is 27.4 Å². The van der Waals surface area contributed by atoms with Crippen LogP contribution in [0.3, 0.4) is 0 Å². The molecule has 0 spiro atoms. The van der Waals surface area contributed by atoms with E-state index in [4.69, 9.17) is 21.1 Å². The number of carbonyl (C=O) groups excluding carboxylic acids is 1. The Labute approximate surface area is 157 Å². The molecule has 1 aliphatic rings. The van der Waals surface area contributed by atoms with Crippen molar-refractivity contribution in [2.75, 3.05) is 32.9 Å².